The zero-order valence-electron chi connectivity index (χ0n) is 24.4. The zero-order chi connectivity index (χ0) is 28.5. The third-order valence-corrected chi connectivity index (χ3v) is 7.66. The van der Waals surface area contributed by atoms with Gasteiger partial charge in [-0.15, -0.1) is 0 Å². The number of amides is 1. The molecule has 39 heavy (non-hydrogen) atoms. The number of nitrogens with zero attached hydrogens (tertiary/aromatic N) is 1. The van der Waals surface area contributed by atoms with E-state index in [-0.39, 0.29) is 0 Å². The summed E-state index contributed by atoms with van der Waals surface area (Å²) in [5, 5.41) is 0. The number of rotatable bonds is 12. The molecular formula is C32H43NO6. The molecule has 1 saturated heterocycles. The van der Waals surface area contributed by atoms with Gasteiger partial charge in [0.25, 0.3) is 5.91 Å². The normalized spacial score (nSPS) is 15.1. The third-order valence-electron chi connectivity index (χ3n) is 7.66. The number of benzene rings is 2. The van der Waals surface area contributed by atoms with E-state index in [2.05, 4.69) is 26.0 Å². The van der Waals surface area contributed by atoms with Crippen LogP contribution in [0.1, 0.15) is 83.1 Å². The summed E-state index contributed by atoms with van der Waals surface area (Å²) in [6.07, 6.45) is 6.89. The molecule has 2 aromatic rings. The fourth-order valence-corrected chi connectivity index (χ4v) is 5.39. The van der Waals surface area contributed by atoms with Gasteiger partial charge in [-0.1, -0.05) is 18.9 Å². The maximum Gasteiger partial charge on any atom is 0.328 e. The molecule has 0 aromatic heterocycles. The lowest BCUT2D eigenvalue weighted by molar-refractivity contribution is -0.155. The van der Waals surface area contributed by atoms with Crippen LogP contribution in [0.2, 0.25) is 0 Å². The Labute approximate surface area is 232 Å². The second kappa shape index (κ2) is 14.2. The summed E-state index contributed by atoms with van der Waals surface area (Å²) in [4.78, 5) is 40.5. The van der Waals surface area contributed by atoms with Crippen LogP contribution in [0.5, 0.6) is 11.5 Å². The fourth-order valence-electron chi connectivity index (χ4n) is 5.39. The molecule has 1 fully saturated rings. The number of likely N-dealkylation sites (tertiary alicyclic amines) is 1. The Morgan fingerprint density at radius 2 is 1.54 bits per heavy atom. The van der Waals surface area contributed by atoms with Gasteiger partial charge in [0.2, 0.25) is 5.78 Å². The number of unbranched alkanes of at least 4 members (excludes halogenated alkanes) is 3. The second-order valence-corrected chi connectivity index (χ2v) is 10.6. The number of carbonyl (C=O) groups excluding carboxylic acids is 3. The Morgan fingerprint density at radius 1 is 0.846 bits per heavy atom. The predicted octanol–water partition coefficient (Wildman–Crippen LogP) is 5.85. The highest BCUT2D eigenvalue weighted by Crippen LogP contribution is 2.27. The van der Waals surface area contributed by atoms with Crippen molar-refractivity contribution in [3.05, 3.63) is 57.6 Å². The summed E-state index contributed by atoms with van der Waals surface area (Å²) in [5.41, 5.74) is 5.58. The van der Waals surface area contributed by atoms with Crippen LogP contribution in [0.3, 0.4) is 0 Å². The largest absolute Gasteiger partial charge is 0.496 e. The lowest BCUT2D eigenvalue weighted by Gasteiger charge is -2.33. The Morgan fingerprint density at radius 3 is 2.21 bits per heavy atom. The average Bonchev–Trinajstić information content (AvgIpc) is 2.93. The van der Waals surface area contributed by atoms with Crippen LogP contribution < -0.4 is 9.47 Å². The van der Waals surface area contributed by atoms with Gasteiger partial charge in [-0.25, -0.2) is 4.79 Å². The molecule has 2 aromatic carbocycles. The van der Waals surface area contributed by atoms with E-state index < -0.39 is 23.7 Å². The van der Waals surface area contributed by atoms with E-state index in [0.29, 0.717) is 30.9 Å². The van der Waals surface area contributed by atoms with Crippen LogP contribution in [0.4, 0.5) is 0 Å². The number of methoxy groups -OCH3 is 2. The van der Waals surface area contributed by atoms with Crippen molar-refractivity contribution >= 4 is 17.7 Å². The standard InChI is InChI=1S/C32H43NO6/c1-21-17-25(20-28(37-5)24(21)4)13-9-7-8-12-16-39-32(36)27-14-10-11-15-33(27)31(35)29(34)26-18-22(2)30(38-6)23(3)19-26/h17-20,27H,7-16H2,1-6H3. The number of hydrogen-bond acceptors (Lipinski definition) is 6. The number of ketones is 1. The highest BCUT2D eigenvalue weighted by Gasteiger charge is 2.36. The molecule has 7 heteroatoms. The molecule has 0 radical (unpaired) electrons. The molecule has 1 aliphatic heterocycles. The molecule has 1 aliphatic rings. The highest BCUT2D eigenvalue weighted by atomic mass is 16.5. The van der Waals surface area contributed by atoms with E-state index in [4.69, 9.17) is 14.2 Å². The lowest BCUT2D eigenvalue weighted by atomic mass is 9.98. The predicted molar refractivity (Wildman–Crippen MR) is 152 cm³/mol. The van der Waals surface area contributed by atoms with Gasteiger partial charge in [0.05, 0.1) is 20.8 Å². The molecule has 1 atom stereocenters. The number of ether oxygens (including phenoxy) is 3. The SMILES string of the molecule is COc1cc(CCCCCCOC(=O)C2CCCCN2C(=O)C(=O)c2cc(C)c(OC)c(C)c2)cc(C)c1C. The molecule has 0 spiro atoms. The van der Waals surface area contributed by atoms with Crippen molar-refractivity contribution in [1.82, 2.24) is 4.90 Å². The molecule has 0 bridgehead atoms. The quantitative estimate of drug-likeness (QED) is 0.146. The molecule has 0 saturated carbocycles. The van der Waals surface area contributed by atoms with Crippen molar-refractivity contribution in [3.8, 4) is 11.5 Å². The smallest absolute Gasteiger partial charge is 0.328 e. The highest BCUT2D eigenvalue weighted by molar-refractivity contribution is 6.43. The van der Waals surface area contributed by atoms with Gasteiger partial charge in [-0.05, 0) is 112 Å². The van der Waals surface area contributed by atoms with Gasteiger partial charge in [0.15, 0.2) is 0 Å². The van der Waals surface area contributed by atoms with Crippen LogP contribution in [-0.2, 0) is 20.7 Å². The minimum absolute atomic E-state index is 0.313. The van der Waals surface area contributed by atoms with Gasteiger partial charge in [0.1, 0.15) is 17.5 Å². The lowest BCUT2D eigenvalue weighted by Crippen LogP contribution is -2.51. The van der Waals surface area contributed by atoms with Crippen molar-refractivity contribution in [3.63, 3.8) is 0 Å². The minimum atomic E-state index is -0.713. The van der Waals surface area contributed by atoms with E-state index >= 15 is 0 Å². The molecule has 3 rings (SSSR count). The Kier molecular flexibility index (Phi) is 11.0. The molecule has 1 unspecified atom stereocenters. The van der Waals surface area contributed by atoms with Gasteiger partial charge in [-0.3, -0.25) is 9.59 Å². The van der Waals surface area contributed by atoms with Gasteiger partial charge in [0, 0.05) is 12.1 Å². The average molecular weight is 538 g/mol. The zero-order valence-corrected chi connectivity index (χ0v) is 24.4. The molecule has 0 N–H and O–H groups in total. The molecule has 7 nitrogen and oxygen atoms in total. The number of Topliss-reactive ketones (excluding diaryl/α,β-unsaturated/α-hetero) is 1. The molecule has 1 heterocycles. The monoisotopic (exact) mass is 537 g/mol. The Bertz CT molecular complexity index is 1160. The summed E-state index contributed by atoms with van der Waals surface area (Å²) in [6, 6.07) is 6.96. The van der Waals surface area contributed by atoms with E-state index in [1.807, 2.05) is 13.8 Å². The number of piperidine rings is 1. The third kappa shape index (κ3) is 7.61. The summed E-state index contributed by atoms with van der Waals surface area (Å²) >= 11 is 0. The summed E-state index contributed by atoms with van der Waals surface area (Å²) in [5.74, 6) is -0.0410. The molecule has 212 valence electrons. The van der Waals surface area contributed by atoms with Crippen molar-refractivity contribution < 1.29 is 28.6 Å². The van der Waals surface area contributed by atoms with Crippen molar-refractivity contribution in [1.29, 1.82) is 0 Å². The number of hydrogen-bond donors (Lipinski definition) is 0. The summed E-state index contributed by atoms with van der Waals surface area (Å²) < 4.78 is 16.4. The fraction of sp³-hybridized carbons (Fsp3) is 0.531. The first-order chi connectivity index (χ1) is 18.7. The van der Waals surface area contributed by atoms with Crippen LogP contribution >= 0.6 is 0 Å². The van der Waals surface area contributed by atoms with E-state index in [0.717, 1.165) is 61.8 Å². The first-order valence-electron chi connectivity index (χ1n) is 14.0. The van der Waals surface area contributed by atoms with Gasteiger partial charge in [-0.2, -0.15) is 0 Å². The van der Waals surface area contributed by atoms with Crippen molar-refractivity contribution in [2.24, 2.45) is 0 Å². The van der Waals surface area contributed by atoms with Gasteiger partial charge < -0.3 is 19.1 Å². The van der Waals surface area contributed by atoms with Crippen LogP contribution in [0.15, 0.2) is 24.3 Å². The minimum Gasteiger partial charge on any atom is -0.496 e. The van der Waals surface area contributed by atoms with Crippen LogP contribution in [0, 0.1) is 27.7 Å². The Hall–Kier alpha value is -3.35. The van der Waals surface area contributed by atoms with Gasteiger partial charge >= 0.3 is 5.97 Å². The first-order valence-corrected chi connectivity index (χ1v) is 14.0. The molecular weight excluding hydrogens is 494 g/mol. The molecule has 0 aliphatic carbocycles. The van der Waals surface area contributed by atoms with Crippen molar-refractivity contribution in [2.45, 2.75) is 85.1 Å². The molecule has 1 amide bonds. The topological polar surface area (TPSA) is 82.1 Å². The maximum atomic E-state index is 13.2. The summed E-state index contributed by atoms with van der Waals surface area (Å²) in [6.45, 7) is 8.56. The number of carbonyl (C=O) groups is 3. The van der Waals surface area contributed by atoms with Crippen LogP contribution in [0.25, 0.3) is 0 Å². The Balaban J connectivity index is 1.47. The summed E-state index contributed by atoms with van der Waals surface area (Å²) in [7, 11) is 3.28. The maximum absolute atomic E-state index is 13.2. The van der Waals surface area contributed by atoms with E-state index in [1.165, 1.54) is 21.6 Å². The van der Waals surface area contributed by atoms with Crippen LogP contribution in [-0.4, -0.2) is 56.0 Å². The van der Waals surface area contributed by atoms with Crippen molar-refractivity contribution in [2.75, 3.05) is 27.4 Å². The van der Waals surface area contributed by atoms with E-state index in [9.17, 15) is 14.4 Å². The first kappa shape index (κ1) is 30.2. The second-order valence-electron chi connectivity index (χ2n) is 10.6. The number of esters is 1. The van der Waals surface area contributed by atoms with E-state index in [1.54, 1.807) is 26.4 Å². The number of aryl methyl sites for hydroxylation is 4.